The van der Waals surface area contributed by atoms with E-state index in [9.17, 15) is 0 Å². The third kappa shape index (κ3) is 2.64. The molecule has 78 valence electrons. The van der Waals surface area contributed by atoms with Crippen LogP contribution < -0.4 is 9.47 Å². The summed E-state index contributed by atoms with van der Waals surface area (Å²) in [6.07, 6.45) is 0. The van der Waals surface area contributed by atoms with Crippen LogP contribution in [0.15, 0.2) is 18.2 Å². The van der Waals surface area contributed by atoms with Crippen LogP contribution in [0, 0.1) is 0 Å². The molecule has 0 fully saturated rings. The molecule has 0 saturated heterocycles. The van der Waals surface area contributed by atoms with Crippen LogP contribution in [0.2, 0.25) is 0 Å². The zero-order valence-corrected chi connectivity index (χ0v) is 10.1. The Kier molecular flexibility index (Phi) is 4.80. The Morgan fingerprint density at radius 2 is 1.86 bits per heavy atom. The summed E-state index contributed by atoms with van der Waals surface area (Å²) < 4.78 is 11.0. The second-order valence-corrected chi connectivity index (χ2v) is 3.30. The standard InChI is InChI=1S/C11H15BrO2/c1-3-13-10-7-5-6-9(8-12)11(10)14-4-2/h5-7H,3-4,8H2,1-2H3. The molecule has 0 unspecified atom stereocenters. The minimum Gasteiger partial charge on any atom is -0.490 e. The Balaban J connectivity index is 3.00. The first kappa shape index (κ1) is 11.4. The molecule has 14 heavy (non-hydrogen) atoms. The van der Waals surface area contributed by atoms with E-state index in [0.29, 0.717) is 13.2 Å². The van der Waals surface area contributed by atoms with Gasteiger partial charge in [0.05, 0.1) is 13.2 Å². The van der Waals surface area contributed by atoms with Crippen molar-refractivity contribution in [3.05, 3.63) is 23.8 Å². The lowest BCUT2D eigenvalue weighted by Crippen LogP contribution is -2.00. The summed E-state index contributed by atoms with van der Waals surface area (Å²) in [6.45, 7) is 5.26. The molecule has 3 heteroatoms. The van der Waals surface area contributed by atoms with Gasteiger partial charge in [-0.1, -0.05) is 28.1 Å². The molecule has 1 aromatic carbocycles. The third-order valence-electron chi connectivity index (χ3n) is 1.79. The molecule has 2 nitrogen and oxygen atoms in total. The number of ether oxygens (including phenoxy) is 2. The van der Waals surface area contributed by atoms with Gasteiger partial charge in [-0.25, -0.2) is 0 Å². The second-order valence-electron chi connectivity index (χ2n) is 2.74. The number of alkyl halides is 1. The van der Waals surface area contributed by atoms with E-state index in [1.54, 1.807) is 0 Å². The average Bonchev–Trinajstić information content (AvgIpc) is 2.21. The van der Waals surface area contributed by atoms with Gasteiger partial charge < -0.3 is 9.47 Å². The van der Waals surface area contributed by atoms with Crippen LogP contribution >= 0.6 is 15.9 Å². The van der Waals surface area contributed by atoms with Crippen molar-refractivity contribution in [3.8, 4) is 11.5 Å². The second kappa shape index (κ2) is 5.91. The molecule has 0 aromatic heterocycles. The van der Waals surface area contributed by atoms with Crippen molar-refractivity contribution < 1.29 is 9.47 Å². The Morgan fingerprint density at radius 1 is 1.14 bits per heavy atom. The highest BCUT2D eigenvalue weighted by atomic mass is 79.9. The Hall–Kier alpha value is -0.700. The van der Waals surface area contributed by atoms with Crippen LogP contribution in [0.4, 0.5) is 0 Å². The van der Waals surface area contributed by atoms with Gasteiger partial charge in [-0.15, -0.1) is 0 Å². The molecule has 0 spiro atoms. The molecule has 0 heterocycles. The molecule has 0 N–H and O–H groups in total. The first-order valence-electron chi connectivity index (χ1n) is 4.76. The lowest BCUT2D eigenvalue weighted by Gasteiger charge is -2.13. The SMILES string of the molecule is CCOc1cccc(CBr)c1OCC. The Bertz CT molecular complexity index is 287. The molecule has 1 aromatic rings. The van der Waals surface area contributed by atoms with Gasteiger partial charge in [-0.3, -0.25) is 0 Å². The van der Waals surface area contributed by atoms with Crippen LogP contribution in [-0.2, 0) is 5.33 Å². The minimum absolute atomic E-state index is 0.657. The predicted molar refractivity (Wildman–Crippen MR) is 61.4 cm³/mol. The molecule has 0 aliphatic rings. The molecule has 0 bridgehead atoms. The fraction of sp³-hybridized carbons (Fsp3) is 0.455. The maximum Gasteiger partial charge on any atom is 0.165 e. The van der Waals surface area contributed by atoms with E-state index in [2.05, 4.69) is 15.9 Å². The summed E-state index contributed by atoms with van der Waals surface area (Å²) in [5.41, 5.74) is 1.12. The number of hydrogen-bond acceptors (Lipinski definition) is 2. The maximum absolute atomic E-state index is 5.56. The predicted octanol–water partition coefficient (Wildman–Crippen LogP) is 3.38. The Morgan fingerprint density at radius 3 is 2.43 bits per heavy atom. The number of para-hydroxylation sites is 1. The van der Waals surface area contributed by atoms with E-state index in [-0.39, 0.29) is 0 Å². The molecule has 0 radical (unpaired) electrons. The maximum atomic E-state index is 5.56. The number of benzene rings is 1. The lowest BCUT2D eigenvalue weighted by atomic mass is 10.2. The molecule has 0 saturated carbocycles. The third-order valence-corrected chi connectivity index (χ3v) is 2.40. The number of rotatable bonds is 5. The minimum atomic E-state index is 0.657. The van der Waals surface area contributed by atoms with Crippen LogP contribution in [0.3, 0.4) is 0 Å². The van der Waals surface area contributed by atoms with E-state index >= 15 is 0 Å². The highest BCUT2D eigenvalue weighted by Crippen LogP contribution is 2.32. The zero-order chi connectivity index (χ0) is 10.4. The van der Waals surface area contributed by atoms with Gasteiger partial charge in [0.15, 0.2) is 11.5 Å². The van der Waals surface area contributed by atoms with Crippen molar-refractivity contribution >= 4 is 15.9 Å². The van der Waals surface area contributed by atoms with E-state index in [1.165, 1.54) is 0 Å². The van der Waals surface area contributed by atoms with Gasteiger partial charge in [-0.2, -0.15) is 0 Å². The van der Waals surface area contributed by atoms with Crippen molar-refractivity contribution in [3.63, 3.8) is 0 Å². The largest absolute Gasteiger partial charge is 0.490 e. The normalized spacial score (nSPS) is 9.93. The van der Waals surface area contributed by atoms with E-state index in [4.69, 9.17) is 9.47 Å². The van der Waals surface area contributed by atoms with Crippen LogP contribution in [0.25, 0.3) is 0 Å². The molecule has 0 aliphatic heterocycles. The first-order chi connectivity index (χ1) is 6.83. The van der Waals surface area contributed by atoms with Gasteiger partial charge in [0.1, 0.15) is 0 Å². The first-order valence-corrected chi connectivity index (χ1v) is 5.89. The highest BCUT2D eigenvalue weighted by Gasteiger charge is 2.08. The lowest BCUT2D eigenvalue weighted by molar-refractivity contribution is 0.286. The van der Waals surface area contributed by atoms with Crippen LogP contribution in [-0.4, -0.2) is 13.2 Å². The van der Waals surface area contributed by atoms with Gasteiger partial charge in [0.25, 0.3) is 0 Å². The van der Waals surface area contributed by atoms with Crippen LogP contribution in [0.1, 0.15) is 19.4 Å². The number of hydrogen-bond donors (Lipinski definition) is 0. The summed E-state index contributed by atoms with van der Waals surface area (Å²) >= 11 is 3.43. The summed E-state index contributed by atoms with van der Waals surface area (Å²) in [6, 6.07) is 5.94. The van der Waals surface area contributed by atoms with Crippen molar-refractivity contribution in [2.24, 2.45) is 0 Å². The summed E-state index contributed by atoms with van der Waals surface area (Å²) in [5, 5.41) is 0.781. The van der Waals surface area contributed by atoms with Gasteiger partial charge in [0.2, 0.25) is 0 Å². The molecule has 0 atom stereocenters. The Labute approximate surface area is 93.4 Å². The smallest absolute Gasteiger partial charge is 0.165 e. The molecule has 0 aliphatic carbocycles. The topological polar surface area (TPSA) is 18.5 Å². The van der Waals surface area contributed by atoms with Crippen molar-refractivity contribution in [1.82, 2.24) is 0 Å². The van der Waals surface area contributed by atoms with Crippen molar-refractivity contribution in [2.75, 3.05) is 13.2 Å². The van der Waals surface area contributed by atoms with Crippen molar-refractivity contribution in [2.45, 2.75) is 19.2 Å². The molecular weight excluding hydrogens is 244 g/mol. The van der Waals surface area contributed by atoms with Gasteiger partial charge in [-0.05, 0) is 19.9 Å². The van der Waals surface area contributed by atoms with E-state index in [1.807, 2.05) is 32.0 Å². The summed E-state index contributed by atoms with van der Waals surface area (Å²) in [7, 11) is 0. The quantitative estimate of drug-likeness (QED) is 0.755. The fourth-order valence-corrected chi connectivity index (χ4v) is 1.69. The van der Waals surface area contributed by atoms with Crippen molar-refractivity contribution in [1.29, 1.82) is 0 Å². The monoisotopic (exact) mass is 258 g/mol. The number of halogens is 1. The molecule has 0 amide bonds. The molecular formula is C11H15BrO2. The summed E-state index contributed by atoms with van der Waals surface area (Å²) in [4.78, 5) is 0. The van der Waals surface area contributed by atoms with Gasteiger partial charge >= 0.3 is 0 Å². The average molecular weight is 259 g/mol. The van der Waals surface area contributed by atoms with Crippen LogP contribution in [0.5, 0.6) is 11.5 Å². The van der Waals surface area contributed by atoms with E-state index < -0.39 is 0 Å². The van der Waals surface area contributed by atoms with E-state index in [0.717, 1.165) is 22.4 Å². The summed E-state index contributed by atoms with van der Waals surface area (Å²) in [5.74, 6) is 1.68. The van der Waals surface area contributed by atoms with Gasteiger partial charge in [0, 0.05) is 10.9 Å². The highest BCUT2D eigenvalue weighted by molar-refractivity contribution is 9.08. The zero-order valence-electron chi connectivity index (χ0n) is 8.55. The molecule has 1 rings (SSSR count). The fourth-order valence-electron chi connectivity index (χ4n) is 1.24.